The van der Waals surface area contributed by atoms with Crippen molar-refractivity contribution in [3.05, 3.63) is 82.9 Å². The smallest absolute Gasteiger partial charge is 0.230 e. The van der Waals surface area contributed by atoms with Gasteiger partial charge in [-0.05, 0) is 17.2 Å². The van der Waals surface area contributed by atoms with Crippen LogP contribution in [-0.2, 0) is 27.4 Å². The van der Waals surface area contributed by atoms with E-state index in [0.29, 0.717) is 24.7 Å². The molecule has 0 aromatic heterocycles. The van der Waals surface area contributed by atoms with Gasteiger partial charge in [0.25, 0.3) is 0 Å². The molecule has 0 radical (unpaired) electrons. The van der Waals surface area contributed by atoms with E-state index in [4.69, 9.17) is 16.3 Å². The monoisotopic (exact) mass is 408 g/mol. The van der Waals surface area contributed by atoms with Gasteiger partial charge in [-0.2, -0.15) is 0 Å². The molecule has 148 valence electrons. The summed E-state index contributed by atoms with van der Waals surface area (Å²) in [6.45, 7) is 1.29. The lowest BCUT2D eigenvalue weighted by Gasteiger charge is -2.23. The number of amides is 2. The molecule has 2 bridgehead atoms. The van der Waals surface area contributed by atoms with Crippen LogP contribution in [0.3, 0.4) is 0 Å². The third kappa shape index (κ3) is 3.05. The molecule has 1 spiro atoms. The number of hydrogen-bond donors (Lipinski definition) is 1. The Morgan fingerprint density at radius 1 is 1.17 bits per heavy atom. The first-order valence-electron chi connectivity index (χ1n) is 9.78. The average molecular weight is 409 g/mol. The molecular weight excluding hydrogens is 388 g/mol. The van der Waals surface area contributed by atoms with Crippen molar-refractivity contribution in [1.82, 2.24) is 10.2 Å². The van der Waals surface area contributed by atoms with E-state index in [9.17, 15) is 9.59 Å². The van der Waals surface area contributed by atoms with Crippen LogP contribution in [0.15, 0.2) is 66.7 Å². The van der Waals surface area contributed by atoms with Crippen molar-refractivity contribution in [2.75, 3.05) is 6.54 Å². The second-order valence-electron chi connectivity index (χ2n) is 7.89. The first-order chi connectivity index (χ1) is 14.1. The largest absolute Gasteiger partial charge is 0.360 e. The maximum absolute atomic E-state index is 13.3. The zero-order chi connectivity index (χ0) is 20.0. The summed E-state index contributed by atoms with van der Waals surface area (Å²) in [6, 6.07) is 17.2. The molecule has 0 aliphatic carbocycles. The fourth-order valence-corrected chi connectivity index (χ4v) is 4.94. The molecule has 1 N–H and O–H groups in total. The predicted molar refractivity (Wildman–Crippen MR) is 109 cm³/mol. The Hall–Kier alpha value is -2.63. The molecule has 5 nitrogen and oxygen atoms in total. The van der Waals surface area contributed by atoms with Gasteiger partial charge in [0.2, 0.25) is 11.8 Å². The minimum absolute atomic E-state index is 0.0448. The number of halogens is 1. The summed E-state index contributed by atoms with van der Waals surface area (Å²) in [5.41, 5.74) is 1.20. The summed E-state index contributed by atoms with van der Waals surface area (Å²) < 4.78 is 6.17. The van der Waals surface area contributed by atoms with Crippen LogP contribution in [-0.4, -0.2) is 35.0 Å². The van der Waals surface area contributed by atoms with Crippen molar-refractivity contribution in [2.24, 2.45) is 11.8 Å². The van der Waals surface area contributed by atoms with E-state index < -0.39 is 17.4 Å². The Kier molecular flexibility index (Phi) is 4.45. The van der Waals surface area contributed by atoms with Crippen molar-refractivity contribution < 1.29 is 14.3 Å². The highest BCUT2D eigenvalue weighted by atomic mass is 35.5. The second-order valence-corrected chi connectivity index (χ2v) is 8.30. The SMILES string of the molecule is O=C(NCc1ccccc1)[C@H]1[C@@H]2C=C[C@@]3(CN(Cc4ccccc4Cl)C(=O)[C@H]13)O2. The number of likely N-dealkylation sites (tertiary alicyclic amines) is 1. The zero-order valence-electron chi connectivity index (χ0n) is 15.8. The first-order valence-corrected chi connectivity index (χ1v) is 10.2. The van der Waals surface area contributed by atoms with E-state index in [0.717, 1.165) is 11.1 Å². The summed E-state index contributed by atoms with van der Waals surface area (Å²) >= 11 is 6.28. The molecule has 3 aliphatic rings. The zero-order valence-corrected chi connectivity index (χ0v) is 16.5. The molecule has 2 saturated heterocycles. The Balaban J connectivity index is 1.34. The molecule has 2 aromatic carbocycles. The van der Waals surface area contributed by atoms with Crippen LogP contribution in [0.25, 0.3) is 0 Å². The highest BCUT2D eigenvalue weighted by Crippen LogP contribution is 2.52. The molecule has 2 fully saturated rings. The average Bonchev–Trinajstić information content (AvgIpc) is 3.37. The number of nitrogens with zero attached hydrogens (tertiary/aromatic N) is 1. The fourth-order valence-electron chi connectivity index (χ4n) is 4.75. The van der Waals surface area contributed by atoms with Crippen LogP contribution in [0, 0.1) is 11.8 Å². The third-order valence-electron chi connectivity index (χ3n) is 6.11. The van der Waals surface area contributed by atoms with Crippen LogP contribution in [0.4, 0.5) is 0 Å². The number of carbonyl (C=O) groups excluding carboxylic acids is 2. The summed E-state index contributed by atoms with van der Waals surface area (Å²) in [7, 11) is 0. The van der Waals surface area contributed by atoms with Gasteiger partial charge in [-0.3, -0.25) is 9.59 Å². The Labute approximate surface area is 174 Å². The molecule has 2 amide bonds. The molecule has 4 atom stereocenters. The minimum Gasteiger partial charge on any atom is -0.360 e. The summed E-state index contributed by atoms with van der Waals surface area (Å²) in [6.07, 6.45) is 3.55. The Bertz CT molecular complexity index is 993. The fraction of sp³-hybridized carbons (Fsp3) is 0.304. The molecule has 6 heteroatoms. The van der Waals surface area contributed by atoms with Gasteiger partial charge >= 0.3 is 0 Å². The molecule has 0 unspecified atom stereocenters. The maximum atomic E-state index is 13.3. The minimum atomic E-state index is -0.711. The van der Waals surface area contributed by atoms with E-state index in [1.807, 2.05) is 66.7 Å². The number of fused-ring (bicyclic) bond motifs is 1. The van der Waals surface area contributed by atoms with E-state index in [2.05, 4.69) is 5.32 Å². The Morgan fingerprint density at radius 2 is 1.93 bits per heavy atom. The number of benzene rings is 2. The van der Waals surface area contributed by atoms with Gasteiger partial charge in [0.15, 0.2) is 0 Å². The van der Waals surface area contributed by atoms with Crippen molar-refractivity contribution in [3.63, 3.8) is 0 Å². The summed E-state index contributed by atoms with van der Waals surface area (Å²) in [5, 5.41) is 3.62. The highest BCUT2D eigenvalue weighted by Gasteiger charge is 2.66. The van der Waals surface area contributed by atoms with Crippen LogP contribution in [0.5, 0.6) is 0 Å². The van der Waals surface area contributed by atoms with Gasteiger partial charge < -0.3 is 15.0 Å². The van der Waals surface area contributed by atoms with Crippen LogP contribution >= 0.6 is 11.6 Å². The lowest BCUT2D eigenvalue weighted by atomic mass is 9.77. The van der Waals surface area contributed by atoms with Crippen molar-refractivity contribution in [1.29, 1.82) is 0 Å². The van der Waals surface area contributed by atoms with Gasteiger partial charge in [-0.1, -0.05) is 72.3 Å². The quantitative estimate of drug-likeness (QED) is 0.774. The van der Waals surface area contributed by atoms with Crippen LogP contribution in [0.2, 0.25) is 5.02 Å². The summed E-state index contributed by atoms with van der Waals surface area (Å²) in [5.74, 6) is -1.18. The van der Waals surface area contributed by atoms with Gasteiger partial charge in [0, 0.05) is 18.1 Å². The van der Waals surface area contributed by atoms with E-state index in [1.165, 1.54) is 0 Å². The standard InChI is InChI=1S/C23H21ClN2O3/c24-17-9-5-4-8-16(17)13-26-14-23-11-10-18(29-23)19(20(23)22(26)28)21(27)25-12-15-6-2-1-3-7-15/h1-11,18-20H,12-14H2,(H,25,27)/t18-,19-,20-,23-/m0/s1. The molecule has 3 heterocycles. The molecule has 3 aliphatic heterocycles. The number of hydrogen-bond acceptors (Lipinski definition) is 3. The number of nitrogens with one attached hydrogen (secondary N) is 1. The van der Waals surface area contributed by atoms with E-state index in [-0.39, 0.29) is 17.9 Å². The third-order valence-corrected chi connectivity index (χ3v) is 6.48. The summed E-state index contributed by atoms with van der Waals surface area (Å²) in [4.78, 5) is 28.0. The van der Waals surface area contributed by atoms with E-state index >= 15 is 0 Å². The number of rotatable bonds is 5. The first kappa shape index (κ1) is 18.4. The normalized spacial score (nSPS) is 29.3. The van der Waals surface area contributed by atoms with Crippen LogP contribution < -0.4 is 5.32 Å². The lowest BCUT2D eigenvalue weighted by molar-refractivity contribution is -0.137. The molecule has 2 aromatic rings. The molecular formula is C23H21ClN2O3. The van der Waals surface area contributed by atoms with Crippen molar-refractivity contribution in [2.45, 2.75) is 24.8 Å². The van der Waals surface area contributed by atoms with Gasteiger partial charge in [-0.15, -0.1) is 0 Å². The second kappa shape index (κ2) is 7.01. The van der Waals surface area contributed by atoms with Crippen molar-refractivity contribution in [3.8, 4) is 0 Å². The van der Waals surface area contributed by atoms with Gasteiger partial charge in [0.05, 0.1) is 24.5 Å². The van der Waals surface area contributed by atoms with Gasteiger partial charge in [-0.25, -0.2) is 0 Å². The molecule has 0 saturated carbocycles. The molecule has 29 heavy (non-hydrogen) atoms. The lowest BCUT2D eigenvalue weighted by Crippen LogP contribution is -2.43. The molecule has 5 rings (SSSR count). The van der Waals surface area contributed by atoms with E-state index in [1.54, 1.807) is 4.90 Å². The Morgan fingerprint density at radius 3 is 2.72 bits per heavy atom. The number of carbonyl (C=O) groups is 2. The topological polar surface area (TPSA) is 58.6 Å². The maximum Gasteiger partial charge on any atom is 0.230 e. The number of ether oxygens (including phenoxy) is 1. The predicted octanol–water partition coefficient (Wildman–Crippen LogP) is 2.94. The van der Waals surface area contributed by atoms with Crippen LogP contribution in [0.1, 0.15) is 11.1 Å². The van der Waals surface area contributed by atoms with Crippen molar-refractivity contribution >= 4 is 23.4 Å². The highest BCUT2D eigenvalue weighted by molar-refractivity contribution is 6.31. The van der Waals surface area contributed by atoms with Gasteiger partial charge in [0.1, 0.15) is 5.60 Å².